The van der Waals surface area contributed by atoms with Crippen molar-refractivity contribution in [2.75, 3.05) is 12.8 Å². The molecule has 2 rings (SSSR count). The van der Waals surface area contributed by atoms with Gasteiger partial charge in [-0.15, -0.1) is 0 Å². The van der Waals surface area contributed by atoms with Crippen LogP contribution in [0, 0.1) is 0 Å². The average Bonchev–Trinajstić information content (AvgIpc) is 3.00. The predicted molar refractivity (Wildman–Crippen MR) is 56.3 cm³/mol. The van der Waals surface area contributed by atoms with Crippen LogP contribution < -0.4 is 5.73 Å². The fraction of sp³-hybridized carbons (Fsp3) is 0.364. The van der Waals surface area contributed by atoms with Crippen LogP contribution in [0.25, 0.3) is 0 Å². The highest BCUT2D eigenvalue weighted by Crippen LogP contribution is 2.23. The van der Waals surface area contributed by atoms with Gasteiger partial charge < -0.3 is 5.73 Å². The Balaban J connectivity index is 2.26. The monoisotopic (exact) mass is 191 g/mol. The van der Waals surface area contributed by atoms with Crippen molar-refractivity contribution in [3.05, 3.63) is 29.8 Å². The highest BCUT2D eigenvalue weighted by molar-refractivity contribution is 5.83. The van der Waals surface area contributed by atoms with Crippen LogP contribution in [-0.4, -0.2) is 24.1 Å². The number of hydrogen-bond acceptors (Lipinski definition) is 2. The minimum atomic E-state index is 0.541. The zero-order chi connectivity index (χ0) is 9.97. The maximum absolute atomic E-state index is 5.83. The van der Waals surface area contributed by atoms with Crippen molar-refractivity contribution in [3.8, 4) is 0 Å². The number of rotatable bonds is 3. The van der Waals surface area contributed by atoms with Crippen molar-refractivity contribution in [2.24, 2.45) is 0 Å². The molecule has 0 atom stereocenters. The number of anilines is 1. The molecule has 1 aliphatic carbocycles. The molecule has 1 aromatic rings. The second-order valence-corrected chi connectivity index (χ2v) is 3.53. The van der Waals surface area contributed by atoms with E-state index in [2.05, 4.69) is 0 Å². The van der Waals surface area contributed by atoms with Crippen molar-refractivity contribution in [1.29, 1.82) is 0 Å². The summed E-state index contributed by atoms with van der Waals surface area (Å²) in [5.41, 5.74) is 7.63. The fourth-order valence-corrected chi connectivity index (χ4v) is 1.40. The van der Waals surface area contributed by atoms with E-state index in [4.69, 9.17) is 10.6 Å². The van der Waals surface area contributed by atoms with Crippen LogP contribution in [0.3, 0.4) is 0 Å². The van der Waals surface area contributed by atoms with E-state index in [1.165, 1.54) is 12.8 Å². The van der Waals surface area contributed by atoms with E-state index >= 15 is 0 Å². The number of benzene rings is 1. The van der Waals surface area contributed by atoms with Gasteiger partial charge in [0.05, 0.1) is 5.56 Å². The minimum absolute atomic E-state index is 0.541. The molecule has 0 amide bonds. The van der Waals surface area contributed by atoms with Crippen LogP contribution in [-0.2, 0) is 4.84 Å². The third-order valence-corrected chi connectivity index (χ3v) is 2.38. The molecular formula is C11H15N2O+. The zero-order valence-corrected chi connectivity index (χ0v) is 8.31. The van der Waals surface area contributed by atoms with Gasteiger partial charge in [-0.05, 0) is 16.9 Å². The molecule has 0 heterocycles. The first-order valence-electron chi connectivity index (χ1n) is 4.83. The third kappa shape index (κ3) is 1.87. The van der Waals surface area contributed by atoms with Crippen LogP contribution in [0.15, 0.2) is 24.3 Å². The summed E-state index contributed by atoms with van der Waals surface area (Å²) < 4.78 is 1.88. The first-order chi connectivity index (χ1) is 6.81. The van der Waals surface area contributed by atoms with Gasteiger partial charge in [0.15, 0.2) is 0 Å². The summed E-state index contributed by atoms with van der Waals surface area (Å²) in [4.78, 5) is 5.26. The zero-order valence-electron chi connectivity index (χ0n) is 8.31. The van der Waals surface area contributed by atoms with E-state index in [0.29, 0.717) is 6.04 Å². The number of nitrogens with two attached hydrogens (primary N) is 1. The summed E-state index contributed by atoms with van der Waals surface area (Å²) in [6.45, 7) is 0. The summed E-state index contributed by atoms with van der Waals surface area (Å²) in [5.74, 6) is 0. The Morgan fingerprint density at radius 2 is 2.14 bits per heavy atom. The second-order valence-electron chi connectivity index (χ2n) is 3.53. The molecule has 0 aromatic heterocycles. The quantitative estimate of drug-likeness (QED) is 0.339. The van der Waals surface area contributed by atoms with Crippen molar-refractivity contribution >= 4 is 11.9 Å². The number of para-hydroxylation sites is 1. The molecule has 1 saturated carbocycles. The topological polar surface area (TPSA) is 38.3 Å². The van der Waals surface area contributed by atoms with Crippen molar-refractivity contribution in [1.82, 2.24) is 0 Å². The first-order valence-corrected chi connectivity index (χ1v) is 4.83. The molecule has 14 heavy (non-hydrogen) atoms. The van der Waals surface area contributed by atoms with Crippen LogP contribution in [0.2, 0.25) is 0 Å². The molecule has 0 radical (unpaired) electrons. The van der Waals surface area contributed by atoms with Gasteiger partial charge in [-0.3, -0.25) is 4.84 Å². The lowest BCUT2D eigenvalue weighted by Gasteiger charge is -1.99. The second kappa shape index (κ2) is 3.70. The standard InChI is InChI=1S/C11H14N2O/c1-14-13(10-6-7-10)8-9-4-2-3-5-11(9)12/h2-5,8,10,12H,6-7H2,1H3/p+1. The summed E-state index contributed by atoms with van der Waals surface area (Å²) in [6, 6.07) is 8.33. The third-order valence-electron chi connectivity index (χ3n) is 2.38. The normalized spacial score (nSPS) is 16.8. The minimum Gasteiger partial charge on any atom is -0.398 e. The van der Waals surface area contributed by atoms with Gasteiger partial charge in [0, 0.05) is 18.5 Å². The van der Waals surface area contributed by atoms with Crippen LogP contribution in [0.1, 0.15) is 18.4 Å². The Morgan fingerprint density at radius 3 is 2.71 bits per heavy atom. The molecule has 1 aromatic carbocycles. The Morgan fingerprint density at radius 1 is 1.43 bits per heavy atom. The van der Waals surface area contributed by atoms with Crippen molar-refractivity contribution in [3.63, 3.8) is 0 Å². The number of hydroxylamine groups is 1. The van der Waals surface area contributed by atoms with Gasteiger partial charge in [0.2, 0.25) is 12.3 Å². The van der Waals surface area contributed by atoms with E-state index in [-0.39, 0.29) is 0 Å². The molecule has 0 unspecified atom stereocenters. The molecule has 1 fully saturated rings. The van der Waals surface area contributed by atoms with Gasteiger partial charge >= 0.3 is 0 Å². The lowest BCUT2D eigenvalue weighted by atomic mass is 10.2. The molecule has 2 N–H and O–H groups in total. The van der Waals surface area contributed by atoms with Crippen LogP contribution in [0.5, 0.6) is 0 Å². The fourth-order valence-electron chi connectivity index (χ4n) is 1.40. The lowest BCUT2D eigenvalue weighted by molar-refractivity contribution is -0.786. The molecule has 0 aliphatic heterocycles. The average molecular weight is 191 g/mol. The summed E-state index contributed by atoms with van der Waals surface area (Å²) in [7, 11) is 1.69. The van der Waals surface area contributed by atoms with Crippen molar-refractivity contribution in [2.45, 2.75) is 18.9 Å². The lowest BCUT2D eigenvalue weighted by Crippen LogP contribution is -2.15. The van der Waals surface area contributed by atoms with Gasteiger partial charge in [0.25, 0.3) is 0 Å². The predicted octanol–water partition coefficient (Wildman–Crippen LogP) is 1.42. The Kier molecular flexibility index (Phi) is 2.39. The van der Waals surface area contributed by atoms with Gasteiger partial charge in [0.1, 0.15) is 7.11 Å². The largest absolute Gasteiger partial charge is 0.398 e. The van der Waals surface area contributed by atoms with E-state index in [1.54, 1.807) is 7.11 Å². The number of nitrogens with zero attached hydrogens (tertiary/aromatic N) is 1. The van der Waals surface area contributed by atoms with Crippen LogP contribution in [0.4, 0.5) is 5.69 Å². The number of nitrogen functional groups attached to an aromatic ring is 1. The van der Waals surface area contributed by atoms with E-state index in [9.17, 15) is 0 Å². The van der Waals surface area contributed by atoms with Crippen molar-refractivity contribution < 1.29 is 9.58 Å². The summed E-state index contributed by atoms with van der Waals surface area (Å²) >= 11 is 0. The first kappa shape index (κ1) is 9.06. The highest BCUT2D eigenvalue weighted by atomic mass is 16.7. The van der Waals surface area contributed by atoms with E-state index in [0.717, 1.165) is 11.3 Å². The highest BCUT2D eigenvalue weighted by Gasteiger charge is 2.35. The van der Waals surface area contributed by atoms with E-state index in [1.807, 2.05) is 35.2 Å². The molecule has 3 nitrogen and oxygen atoms in total. The maximum Gasteiger partial charge on any atom is 0.225 e. The number of hydrogen-bond donors (Lipinski definition) is 1. The van der Waals surface area contributed by atoms with Gasteiger partial charge in [-0.25, -0.2) is 0 Å². The smallest absolute Gasteiger partial charge is 0.225 e. The molecule has 0 bridgehead atoms. The Bertz CT molecular complexity index is 356. The molecule has 74 valence electrons. The molecule has 3 heteroatoms. The molecule has 0 saturated heterocycles. The maximum atomic E-state index is 5.83. The molecule has 1 aliphatic rings. The summed E-state index contributed by atoms with van der Waals surface area (Å²) in [6.07, 6.45) is 4.38. The van der Waals surface area contributed by atoms with Crippen LogP contribution >= 0.6 is 0 Å². The SMILES string of the molecule is CO[N+](=Cc1ccccc1N)C1CC1. The molecular weight excluding hydrogens is 176 g/mol. The Hall–Kier alpha value is -1.51. The van der Waals surface area contributed by atoms with E-state index < -0.39 is 0 Å². The van der Waals surface area contributed by atoms with Gasteiger partial charge in [-0.1, -0.05) is 12.1 Å². The Labute approximate surface area is 83.8 Å². The molecule has 0 spiro atoms. The summed E-state index contributed by atoms with van der Waals surface area (Å²) in [5, 5.41) is 0. The van der Waals surface area contributed by atoms with Gasteiger partial charge in [-0.2, -0.15) is 0 Å².